The number of carbonyl (C=O) groups excluding carboxylic acids is 2. The van der Waals surface area contributed by atoms with Crippen LogP contribution in [0.5, 0.6) is 5.75 Å². The molecular weight excluding hydrogens is 438 g/mol. The van der Waals surface area contributed by atoms with E-state index in [9.17, 15) is 14.7 Å². The zero-order valence-corrected chi connectivity index (χ0v) is 20.6. The van der Waals surface area contributed by atoms with Crippen molar-refractivity contribution in [1.82, 2.24) is 0 Å². The van der Waals surface area contributed by atoms with Crippen LogP contribution in [0.1, 0.15) is 49.9 Å². The zero-order chi connectivity index (χ0) is 25.2. The molecule has 1 aliphatic heterocycles. The number of aliphatic hydroxyl groups is 1. The largest absolute Gasteiger partial charge is 0.503 e. The molecule has 0 spiro atoms. The SMILES string of the molecule is COc1ccc(N2C(=O)C(O)=C(C(=O)CCc3ccccc3)C2c2ccc(C(C)(C)C)cc2)cc1. The molecule has 5 nitrogen and oxygen atoms in total. The molecule has 3 aromatic carbocycles. The van der Waals surface area contributed by atoms with Gasteiger partial charge in [-0.15, -0.1) is 0 Å². The van der Waals surface area contributed by atoms with E-state index in [1.807, 2.05) is 54.6 Å². The maximum atomic E-state index is 13.4. The van der Waals surface area contributed by atoms with Crippen LogP contribution in [0.25, 0.3) is 0 Å². The zero-order valence-electron chi connectivity index (χ0n) is 20.6. The summed E-state index contributed by atoms with van der Waals surface area (Å²) in [6.07, 6.45) is 0.729. The molecule has 1 amide bonds. The highest BCUT2D eigenvalue weighted by Crippen LogP contribution is 2.42. The summed E-state index contributed by atoms with van der Waals surface area (Å²) >= 11 is 0. The lowest BCUT2D eigenvalue weighted by Crippen LogP contribution is -2.31. The van der Waals surface area contributed by atoms with Crippen LogP contribution in [-0.4, -0.2) is 23.9 Å². The van der Waals surface area contributed by atoms with Gasteiger partial charge in [-0.1, -0.05) is 75.4 Å². The monoisotopic (exact) mass is 469 g/mol. The van der Waals surface area contributed by atoms with Crippen LogP contribution in [-0.2, 0) is 21.4 Å². The number of rotatable bonds is 7. The molecule has 1 atom stereocenters. The van der Waals surface area contributed by atoms with Gasteiger partial charge in [0.2, 0.25) is 0 Å². The Morgan fingerprint density at radius 2 is 1.57 bits per heavy atom. The predicted molar refractivity (Wildman–Crippen MR) is 138 cm³/mol. The summed E-state index contributed by atoms with van der Waals surface area (Å²) in [7, 11) is 1.58. The summed E-state index contributed by atoms with van der Waals surface area (Å²) in [5.41, 5.74) is 3.64. The summed E-state index contributed by atoms with van der Waals surface area (Å²) in [5.74, 6) is -0.643. The van der Waals surface area contributed by atoms with Gasteiger partial charge in [0.15, 0.2) is 11.5 Å². The Hall–Kier alpha value is -3.86. The number of carbonyl (C=O) groups is 2. The van der Waals surface area contributed by atoms with E-state index in [2.05, 4.69) is 20.8 Å². The third-order valence-corrected chi connectivity index (χ3v) is 6.44. The molecule has 0 aliphatic carbocycles. The number of amides is 1. The number of hydrogen-bond donors (Lipinski definition) is 1. The third kappa shape index (κ3) is 4.99. The third-order valence-electron chi connectivity index (χ3n) is 6.44. The number of benzene rings is 3. The van der Waals surface area contributed by atoms with Gasteiger partial charge in [0.1, 0.15) is 5.75 Å². The fourth-order valence-electron chi connectivity index (χ4n) is 4.42. The molecule has 1 N–H and O–H groups in total. The summed E-state index contributed by atoms with van der Waals surface area (Å²) in [5, 5.41) is 10.9. The van der Waals surface area contributed by atoms with E-state index in [1.165, 1.54) is 4.90 Å². The number of anilines is 1. The fourth-order valence-corrected chi connectivity index (χ4v) is 4.42. The number of ketones is 1. The molecule has 5 heteroatoms. The topological polar surface area (TPSA) is 66.8 Å². The summed E-state index contributed by atoms with van der Waals surface area (Å²) in [6.45, 7) is 6.40. The molecule has 1 unspecified atom stereocenters. The Labute approximate surface area is 206 Å². The Morgan fingerprint density at radius 1 is 0.943 bits per heavy atom. The number of nitrogens with zero attached hydrogens (tertiary/aromatic N) is 1. The van der Waals surface area contributed by atoms with E-state index in [-0.39, 0.29) is 23.2 Å². The number of hydrogen-bond acceptors (Lipinski definition) is 4. The van der Waals surface area contributed by atoms with Crippen molar-refractivity contribution in [2.24, 2.45) is 0 Å². The average molecular weight is 470 g/mol. The van der Waals surface area contributed by atoms with Crippen LogP contribution >= 0.6 is 0 Å². The van der Waals surface area contributed by atoms with Crippen LogP contribution in [0.2, 0.25) is 0 Å². The first-order valence-electron chi connectivity index (χ1n) is 11.8. The molecule has 0 fully saturated rings. The van der Waals surface area contributed by atoms with Gasteiger partial charge in [-0.05, 0) is 52.8 Å². The molecule has 1 aliphatic rings. The number of ether oxygens (including phenoxy) is 1. The highest BCUT2D eigenvalue weighted by Gasteiger charge is 2.44. The second-order valence-electron chi connectivity index (χ2n) is 9.82. The second-order valence-corrected chi connectivity index (χ2v) is 9.82. The van der Waals surface area contributed by atoms with Crippen molar-refractivity contribution in [3.63, 3.8) is 0 Å². The molecule has 180 valence electrons. The fraction of sp³-hybridized carbons (Fsp3) is 0.267. The van der Waals surface area contributed by atoms with Crippen LogP contribution in [0.4, 0.5) is 5.69 Å². The highest BCUT2D eigenvalue weighted by atomic mass is 16.5. The normalized spacial score (nSPS) is 16.1. The highest BCUT2D eigenvalue weighted by molar-refractivity contribution is 6.16. The van der Waals surface area contributed by atoms with Crippen molar-refractivity contribution >= 4 is 17.4 Å². The predicted octanol–water partition coefficient (Wildman–Crippen LogP) is 6.09. The minimum Gasteiger partial charge on any atom is -0.503 e. The van der Waals surface area contributed by atoms with Crippen LogP contribution in [0.3, 0.4) is 0 Å². The van der Waals surface area contributed by atoms with Gasteiger partial charge < -0.3 is 9.84 Å². The first-order valence-corrected chi connectivity index (χ1v) is 11.8. The quantitative estimate of drug-likeness (QED) is 0.454. The van der Waals surface area contributed by atoms with Gasteiger partial charge in [-0.25, -0.2) is 0 Å². The lowest BCUT2D eigenvalue weighted by Gasteiger charge is -2.28. The standard InChI is InChI=1S/C30H31NO4/c1-30(2,3)22-13-11-21(12-14-22)27-26(25(32)19-10-20-8-6-5-7-9-20)28(33)29(34)31(27)23-15-17-24(35-4)18-16-23/h5-9,11-18,27,33H,10,19H2,1-4H3. The second kappa shape index (κ2) is 9.79. The van der Waals surface area contributed by atoms with Crippen LogP contribution in [0, 0.1) is 0 Å². The van der Waals surface area contributed by atoms with Crippen molar-refractivity contribution in [3.05, 3.63) is 107 Å². The average Bonchev–Trinajstić information content (AvgIpc) is 3.13. The maximum absolute atomic E-state index is 13.4. The number of Topliss-reactive ketones (excluding diaryl/α,β-unsaturated/α-hetero) is 1. The van der Waals surface area contributed by atoms with Crippen molar-refractivity contribution in [2.45, 2.75) is 45.1 Å². The molecule has 0 aromatic heterocycles. The van der Waals surface area contributed by atoms with Gasteiger partial charge >= 0.3 is 0 Å². The molecule has 0 saturated carbocycles. The molecular formula is C30H31NO4. The van der Waals surface area contributed by atoms with Gasteiger partial charge in [0.25, 0.3) is 5.91 Å². The minimum atomic E-state index is -0.715. The molecule has 0 radical (unpaired) electrons. The first kappa shape index (κ1) is 24.3. The van der Waals surface area contributed by atoms with E-state index in [1.54, 1.807) is 31.4 Å². The smallest absolute Gasteiger partial charge is 0.294 e. The van der Waals surface area contributed by atoms with Gasteiger partial charge in [-0.2, -0.15) is 0 Å². The van der Waals surface area contributed by atoms with Crippen molar-refractivity contribution < 1.29 is 19.4 Å². The molecule has 35 heavy (non-hydrogen) atoms. The first-order chi connectivity index (χ1) is 16.7. The van der Waals surface area contributed by atoms with E-state index >= 15 is 0 Å². The number of methoxy groups -OCH3 is 1. The van der Waals surface area contributed by atoms with Crippen molar-refractivity contribution in [3.8, 4) is 5.75 Å². The molecule has 3 aromatic rings. The van der Waals surface area contributed by atoms with E-state index < -0.39 is 17.7 Å². The van der Waals surface area contributed by atoms with Gasteiger partial charge in [0.05, 0.1) is 18.7 Å². The lowest BCUT2D eigenvalue weighted by atomic mass is 9.85. The van der Waals surface area contributed by atoms with E-state index in [0.29, 0.717) is 17.9 Å². The van der Waals surface area contributed by atoms with Crippen molar-refractivity contribution in [2.75, 3.05) is 12.0 Å². The van der Waals surface area contributed by atoms with Crippen LogP contribution < -0.4 is 9.64 Å². The van der Waals surface area contributed by atoms with Crippen LogP contribution in [0.15, 0.2) is 90.2 Å². The Balaban J connectivity index is 1.73. The van der Waals surface area contributed by atoms with Gasteiger partial charge in [0, 0.05) is 12.1 Å². The lowest BCUT2D eigenvalue weighted by molar-refractivity contribution is -0.118. The number of aliphatic hydroxyl groups excluding tert-OH is 1. The number of aryl methyl sites for hydroxylation is 1. The molecule has 1 heterocycles. The molecule has 0 saturated heterocycles. The Morgan fingerprint density at radius 3 is 2.14 bits per heavy atom. The van der Waals surface area contributed by atoms with Crippen molar-refractivity contribution in [1.29, 1.82) is 0 Å². The minimum absolute atomic E-state index is 0.0357. The summed E-state index contributed by atoms with van der Waals surface area (Å²) in [4.78, 5) is 28.2. The Kier molecular flexibility index (Phi) is 6.79. The molecule has 4 rings (SSSR count). The van der Waals surface area contributed by atoms with Gasteiger partial charge in [-0.3, -0.25) is 14.5 Å². The maximum Gasteiger partial charge on any atom is 0.294 e. The summed E-state index contributed by atoms with van der Waals surface area (Å²) < 4.78 is 5.25. The van der Waals surface area contributed by atoms with E-state index in [0.717, 1.165) is 16.7 Å². The Bertz CT molecular complexity index is 1240. The summed E-state index contributed by atoms with van der Waals surface area (Å²) in [6, 6.07) is 24.0. The molecule has 0 bridgehead atoms. The van der Waals surface area contributed by atoms with E-state index in [4.69, 9.17) is 4.74 Å².